The molecule has 4 heteroatoms. The fourth-order valence-electron chi connectivity index (χ4n) is 3.42. The van der Waals surface area contributed by atoms with E-state index in [1.807, 2.05) is 6.07 Å². The topological polar surface area (TPSA) is 48.2 Å². The van der Waals surface area contributed by atoms with Gasteiger partial charge in [-0.05, 0) is 38.0 Å². The van der Waals surface area contributed by atoms with Crippen molar-refractivity contribution in [2.45, 2.75) is 38.6 Å². The van der Waals surface area contributed by atoms with Crippen LogP contribution in [0.2, 0.25) is 0 Å². The van der Waals surface area contributed by atoms with E-state index >= 15 is 0 Å². The average molecular weight is 254 g/mol. The highest BCUT2D eigenvalue weighted by molar-refractivity contribution is 5.84. The Morgan fingerprint density at radius 2 is 1.95 bits per heavy atom. The van der Waals surface area contributed by atoms with Crippen LogP contribution in [0, 0.1) is 6.92 Å². The molecule has 4 nitrogen and oxygen atoms in total. The fourth-order valence-corrected chi connectivity index (χ4v) is 3.42. The highest BCUT2D eigenvalue weighted by atomic mass is 15.3. The molecule has 1 saturated carbocycles. The Kier molecular flexibility index (Phi) is 2.16. The summed E-state index contributed by atoms with van der Waals surface area (Å²) in [6.45, 7) is 2.05. The number of rotatable bonds is 1. The van der Waals surface area contributed by atoms with Crippen molar-refractivity contribution in [3.05, 3.63) is 30.0 Å². The number of aromatic nitrogens is 3. The number of benzene rings is 1. The van der Waals surface area contributed by atoms with E-state index in [1.165, 1.54) is 36.8 Å². The zero-order chi connectivity index (χ0) is 13.0. The molecule has 2 N–H and O–H groups in total. The molecule has 3 aromatic rings. The lowest BCUT2D eigenvalue weighted by atomic mass is 10.2. The van der Waals surface area contributed by atoms with Gasteiger partial charge >= 0.3 is 0 Å². The lowest BCUT2D eigenvalue weighted by molar-refractivity contribution is 0.547. The van der Waals surface area contributed by atoms with E-state index in [1.54, 1.807) is 0 Å². The Balaban J connectivity index is 2.11. The normalized spacial score (nSPS) is 16.9. The second-order valence-electron chi connectivity index (χ2n) is 5.61. The minimum absolute atomic E-state index is 0.595. The number of nitrogens with zero attached hydrogens (tertiary/aromatic N) is 3. The van der Waals surface area contributed by atoms with Crippen molar-refractivity contribution in [2.75, 3.05) is 5.73 Å². The summed E-state index contributed by atoms with van der Waals surface area (Å²) < 4.78 is 4.50. The molecule has 0 unspecified atom stereocenters. The maximum absolute atomic E-state index is 5.97. The molecule has 0 saturated heterocycles. The fraction of sp³-hybridized carbons (Fsp3) is 0.400. The van der Waals surface area contributed by atoms with Crippen LogP contribution in [0.3, 0.4) is 0 Å². The number of imidazole rings is 1. The second kappa shape index (κ2) is 3.76. The van der Waals surface area contributed by atoms with Crippen molar-refractivity contribution in [1.29, 1.82) is 0 Å². The largest absolute Gasteiger partial charge is 0.399 e. The SMILES string of the molecule is Cc1cc2n(C3CCCC3)c3cc(N)ccc3n2n1. The minimum Gasteiger partial charge on any atom is -0.399 e. The van der Waals surface area contributed by atoms with E-state index < -0.39 is 0 Å². The number of hydrogen-bond donors (Lipinski definition) is 1. The van der Waals surface area contributed by atoms with Crippen LogP contribution >= 0.6 is 0 Å². The zero-order valence-electron chi connectivity index (χ0n) is 11.1. The van der Waals surface area contributed by atoms with Crippen molar-refractivity contribution in [1.82, 2.24) is 14.2 Å². The molecule has 0 radical (unpaired) electrons. The van der Waals surface area contributed by atoms with Crippen LogP contribution in [0.25, 0.3) is 16.7 Å². The number of nitrogens with two attached hydrogens (primary N) is 1. The molecule has 2 aromatic heterocycles. The first kappa shape index (κ1) is 10.9. The van der Waals surface area contributed by atoms with E-state index in [-0.39, 0.29) is 0 Å². The van der Waals surface area contributed by atoms with Gasteiger partial charge in [0.15, 0.2) is 0 Å². The molecule has 1 fully saturated rings. The molecule has 0 bridgehead atoms. The van der Waals surface area contributed by atoms with Crippen LogP contribution in [0.5, 0.6) is 0 Å². The Morgan fingerprint density at radius 3 is 2.74 bits per heavy atom. The summed E-state index contributed by atoms with van der Waals surface area (Å²) in [6, 6.07) is 8.89. The molecule has 1 aliphatic rings. The van der Waals surface area contributed by atoms with Crippen LogP contribution in [0.1, 0.15) is 37.4 Å². The summed E-state index contributed by atoms with van der Waals surface area (Å²) in [5.41, 5.74) is 11.4. The lowest BCUT2D eigenvalue weighted by Gasteiger charge is -2.13. The predicted molar refractivity (Wildman–Crippen MR) is 77.3 cm³/mol. The van der Waals surface area contributed by atoms with Gasteiger partial charge in [-0.1, -0.05) is 12.8 Å². The Morgan fingerprint density at radius 1 is 1.16 bits per heavy atom. The summed E-state index contributed by atoms with van der Waals surface area (Å²) >= 11 is 0. The first-order chi connectivity index (χ1) is 9.24. The molecule has 0 atom stereocenters. The van der Waals surface area contributed by atoms with Crippen molar-refractivity contribution >= 4 is 22.4 Å². The molecule has 0 spiro atoms. The molecular weight excluding hydrogens is 236 g/mol. The molecule has 0 amide bonds. The van der Waals surface area contributed by atoms with Gasteiger partial charge in [-0.2, -0.15) is 5.10 Å². The van der Waals surface area contributed by atoms with Gasteiger partial charge in [-0.15, -0.1) is 0 Å². The first-order valence-corrected chi connectivity index (χ1v) is 7.00. The lowest BCUT2D eigenvalue weighted by Crippen LogP contribution is -2.04. The van der Waals surface area contributed by atoms with E-state index in [4.69, 9.17) is 5.73 Å². The van der Waals surface area contributed by atoms with Crippen molar-refractivity contribution in [3.8, 4) is 0 Å². The molecule has 1 aliphatic carbocycles. The quantitative estimate of drug-likeness (QED) is 0.677. The van der Waals surface area contributed by atoms with E-state index in [2.05, 4.69) is 39.3 Å². The van der Waals surface area contributed by atoms with E-state index in [0.717, 1.165) is 16.9 Å². The molecule has 2 heterocycles. The Bertz CT molecular complexity index is 759. The number of aryl methyl sites for hydroxylation is 1. The van der Waals surface area contributed by atoms with Crippen LogP contribution in [-0.2, 0) is 0 Å². The maximum atomic E-state index is 5.97. The van der Waals surface area contributed by atoms with E-state index in [9.17, 15) is 0 Å². The van der Waals surface area contributed by atoms with Gasteiger partial charge in [0.1, 0.15) is 5.65 Å². The Labute approximate surface area is 111 Å². The van der Waals surface area contributed by atoms with Gasteiger partial charge in [0.05, 0.1) is 16.7 Å². The van der Waals surface area contributed by atoms with E-state index in [0.29, 0.717) is 6.04 Å². The number of hydrogen-bond acceptors (Lipinski definition) is 2. The summed E-state index contributed by atoms with van der Waals surface area (Å²) in [6.07, 6.45) is 5.18. The summed E-state index contributed by atoms with van der Waals surface area (Å²) in [7, 11) is 0. The average Bonchev–Trinajstić information content (AvgIpc) is 3.04. The molecule has 0 aliphatic heterocycles. The molecule has 98 valence electrons. The summed E-state index contributed by atoms with van der Waals surface area (Å²) in [5.74, 6) is 0. The first-order valence-electron chi connectivity index (χ1n) is 7.00. The van der Waals surface area contributed by atoms with Gasteiger partial charge in [-0.3, -0.25) is 0 Å². The van der Waals surface area contributed by atoms with Gasteiger partial charge in [0.2, 0.25) is 0 Å². The summed E-state index contributed by atoms with van der Waals surface area (Å²) in [5, 5.41) is 4.62. The van der Waals surface area contributed by atoms with Crippen molar-refractivity contribution < 1.29 is 0 Å². The van der Waals surface area contributed by atoms with Crippen molar-refractivity contribution in [3.63, 3.8) is 0 Å². The Hall–Kier alpha value is -1.97. The smallest absolute Gasteiger partial charge is 0.137 e. The van der Waals surface area contributed by atoms with Gasteiger partial charge < -0.3 is 10.3 Å². The maximum Gasteiger partial charge on any atom is 0.137 e. The second-order valence-corrected chi connectivity index (χ2v) is 5.61. The van der Waals surface area contributed by atoms with Gasteiger partial charge in [0.25, 0.3) is 0 Å². The third-order valence-corrected chi connectivity index (χ3v) is 4.24. The predicted octanol–water partition coefficient (Wildman–Crippen LogP) is 3.29. The molecule has 4 rings (SSSR count). The summed E-state index contributed by atoms with van der Waals surface area (Å²) in [4.78, 5) is 0. The number of fused-ring (bicyclic) bond motifs is 3. The molecular formula is C15H18N4. The van der Waals surface area contributed by atoms with Crippen LogP contribution in [-0.4, -0.2) is 14.2 Å². The highest BCUT2D eigenvalue weighted by Gasteiger charge is 2.22. The third kappa shape index (κ3) is 1.49. The number of nitrogen functional groups attached to an aromatic ring is 1. The van der Waals surface area contributed by atoms with Crippen molar-refractivity contribution in [2.24, 2.45) is 0 Å². The van der Waals surface area contributed by atoms with Gasteiger partial charge in [0, 0.05) is 17.8 Å². The standard InChI is InChI=1S/C15H18N4/c1-10-8-15-18(12-4-2-3-5-12)14-9-11(16)6-7-13(14)19(15)17-10/h6-9,12H,2-5,16H2,1H3. The number of anilines is 1. The van der Waals surface area contributed by atoms with Gasteiger partial charge in [-0.25, -0.2) is 4.52 Å². The van der Waals surface area contributed by atoms with Crippen LogP contribution in [0.15, 0.2) is 24.3 Å². The molecule has 19 heavy (non-hydrogen) atoms. The van der Waals surface area contributed by atoms with Crippen LogP contribution < -0.4 is 5.73 Å². The zero-order valence-corrected chi connectivity index (χ0v) is 11.1. The molecule has 1 aromatic carbocycles. The third-order valence-electron chi connectivity index (χ3n) is 4.24. The highest BCUT2D eigenvalue weighted by Crippen LogP contribution is 2.35. The van der Waals surface area contributed by atoms with Crippen LogP contribution in [0.4, 0.5) is 5.69 Å². The monoisotopic (exact) mass is 254 g/mol. The minimum atomic E-state index is 0.595.